The summed E-state index contributed by atoms with van der Waals surface area (Å²) >= 11 is 0. The third kappa shape index (κ3) is 1.65. The molecule has 5 heteroatoms. The van der Waals surface area contributed by atoms with Gasteiger partial charge in [0.1, 0.15) is 7.11 Å². The van der Waals surface area contributed by atoms with Gasteiger partial charge in [-0.25, -0.2) is 0 Å². The van der Waals surface area contributed by atoms with Crippen LogP contribution in [0.1, 0.15) is 5.69 Å². The normalized spacial score (nSPS) is 10.6. The summed E-state index contributed by atoms with van der Waals surface area (Å²) in [5, 5.41) is 5.44. The van der Waals surface area contributed by atoms with Gasteiger partial charge in [-0.05, 0) is 6.07 Å². The van der Waals surface area contributed by atoms with Crippen molar-refractivity contribution in [3.8, 4) is 0 Å². The second-order valence-electron chi connectivity index (χ2n) is 3.29. The van der Waals surface area contributed by atoms with Crippen LogP contribution in [0, 0.1) is 0 Å². The van der Waals surface area contributed by atoms with Crippen molar-refractivity contribution in [2.45, 2.75) is 6.61 Å². The fourth-order valence-electron chi connectivity index (χ4n) is 1.60. The number of aromatic nitrogens is 2. The summed E-state index contributed by atoms with van der Waals surface area (Å²) in [6, 6.07) is 7.26. The second kappa shape index (κ2) is 4.32. The zero-order chi connectivity index (χ0) is 11.5. The molecule has 0 bridgehead atoms. The highest BCUT2D eigenvalue weighted by molar-refractivity contribution is 5.83. The number of benzene rings is 1. The Morgan fingerprint density at radius 2 is 1.94 bits per heavy atom. The van der Waals surface area contributed by atoms with Crippen LogP contribution in [0.25, 0.3) is 10.8 Å². The van der Waals surface area contributed by atoms with E-state index in [1.165, 1.54) is 7.11 Å². The van der Waals surface area contributed by atoms with Crippen LogP contribution in [0.5, 0.6) is 0 Å². The molecule has 0 N–H and O–H groups in total. The van der Waals surface area contributed by atoms with Crippen LogP contribution in [0.4, 0.5) is 0 Å². The largest absolute Gasteiger partial charge is 0.397 e. The van der Waals surface area contributed by atoms with Gasteiger partial charge in [-0.3, -0.25) is 4.79 Å². The average molecular weight is 220 g/mol. The molecule has 84 valence electrons. The number of hydrogen-bond donors (Lipinski definition) is 0. The zero-order valence-electron chi connectivity index (χ0n) is 9.14. The van der Waals surface area contributed by atoms with Crippen molar-refractivity contribution in [1.29, 1.82) is 0 Å². The van der Waals surface area contributed by atoms with Crippen LogP contribution in [0.2, 0.25) is 0 Å². The molecule has 1 aromatic carbocycles. The standard InChI is InChI=1S/C11H12N2O3/c1-15-7-10-8-5-3-4-6-9(8)11(14)13(12-10)16-2/h3-6H,7H2,1-2H3. The molecule has 0 saturated carbocycles. The predicted molar refractivity (Wildman–Crippen MR) is 59.2 cm³/mol. The molecule has 0 aliphatic rings. The van der Waals surface area contributed by atoms with Crippen molar-refractivity contribution >= 4 is 10.8 Å². The monoisotopic (exact) mass is 220 g/mol. The first-order valence-electron chi connectivity index (χ1n) is 4.82. The van der Waals surface area contributed by atoms with Crippen LogP contribution < -0.4 is 10.4 Å². The van der Waals surface area contributed by atoms with Gasteiger partial charge in [-0.15, -0.1) is 5.10 Å². The molecule has 0 saturated heterocycles. The molecule has 0 aliphatic heterocycles. The summed E-state index contributed by atoms with van der Waals surface area (Å²) < 4.78 is 5.04. The molecule has 0 radical (unpaired) electrons. The van der Waals surface area contributed by atoms with Crippen molar-refractivity contribution in [3.63, 3.8) is 0 Å². The summed E-state index contributed by atoms with van der Waals surface area (Å²) in [6.45, 7) is 0.337. The maximum Gasteiger partial charge on any atom is 0.310 e. The lowest BCUT2D eigenvalue weighted by molar-refractivity contribution is 0.113. The number of nitrogens with zero attached hydrogens (tertiary/aromatic N) is 2. The maximum absolute atomic E-state index is 11.9. The minimum absolute atomic E-state index is 0.266. The van der Waals surface area contributed by atoms with Crippen molar-refractivity contribution in [1.82, 2.24) is 9.94 Å². The molecule has 2 aromatic rings. The summed E-state index contributed by atoms with van der Waals surface area (Å²) in [6.07, 6.45) is 0. The van der Waals surface area contributed by atoms with Gasteiger partial charge >= 0.3 is 5.56 Å². The topological polar surface area (TPSA) is 53.4 Å². The fraction of sp³-hybridized carbons (Fsp3) is 0.273. The number of fused-ring (bicyclic) bond motifs is 1. The third-order valence-electron chi connectivity index (χ3n) is 2.31. The van der Waals surface area contributed by atoms with Gasteiger partial charge in [-0.1, -0.05) is 23.0 Å². The van der Waals surface area contributed by atoms with Crippen LogP contribution >= 0.6 is 0 Å². The third-order valence-corrected chi connectivity index (χ3v) is 2.31. The Labute approximate surface area is 92.2 Å². The van der Waals surface area contributed by atoms with Gasteiger partial charge in [0.05, 0.1) is 17.7 Å². The number of methoxy groups -OCH3 is 1. The van der Waals surface area contributed by atoms with Crippen molar-refractivity contribution in [2.24, 2.45) is 0 Å². The molecule has 5 nitrogen and oxygen atoms in total. The molecule has 1 aromatic heterocycles. The Bertz CT molecular complexity index is 563. The van der Waals surface area contributed by atoms with E-state index in [-0.39, 0.29) is 5.56 Å². The van der Waals surface area contributed by atoms with Gasteiger partial charge in [0.2, 0.25) is 0 Å². The second-order valence-corrected chi connectivity index (χ2v) is 3.29. The van der Waals surface area contributed by atoms with E-state index in [1.807, 2.05) is 12.1 Å². The summed E-state index contributed by atoms with van der Waals surface area (Å²) in [5.74, 6) is 0. The number of hydrogen-bond acceptors (Lipinski definition) is 4. The van der Waals surface area contributed by atoms with E-state index >= 15 is 0 Å². The van der Waals surface area contributed by atoms with E-state index in [2.05, 4.69) is 5.10 Å². The van der Waals surface area contributed by atoms with Gasteiger partial charge in [0.25, 0.3) is 0 Å². The first-order chi connectivity index (χ1) is 7.77. The van der Waals surface area contributed by atoms with Crippen LogP contribution in [-0.2, 0) is 11.3 Å². The Balaban J connectivity index is 2.79. The first-order valence-corrected chi connectivity index (χ1v) is 4.82. The lowest BCUT2D eigenvalue weighted by Crippen LogP contribution is -2.28. The zero-order valence-corrected chi connectivity index (χ0v) is 9.14. The van der Waals surface area contributed by atoms with Crippen molar-refractivity contribution in [3.05, 3.63) is 40.3 Å². The van der Waals surface area contributed by atoms with Crippen LogP contribution in [0.15, 0.2) is 29.1 Å². The van der Waals surface area contributed by atoms with E-state index in [0.29, 0.717) is 17.7 Å². The van der Waals surface area contributed by atoms with E-state index in [9.17, 15) is 4.79 Å². The summed E-state index contributed by atoms with van der Waals surface area (Å²) in [4.78, 5) is 17.7. The minimum Gasteiger partial charge on any atom is -0.397 e. The molecule has 0 atom stereocenters. The van der Waals surface area contributed by atoms with Crippen LogP contribution in [-0.4, -0.2) is 24.2 Å². The van der Waals surface area contributed by atoms with Gasteiger partial charge < -0.3 is 9.57 Å². The van der Waals surface area contributed by atoms with Crippen molar-refractivity contribution < 1.29 is 9.57 Å². The summed E-state index contributed by atoms with van der Waals surface area (Å²) in [7, 11) is 2.98. The first kappa shape index (κ1) is 10.6. The van der Waals surface area contributed by atoms with Gasteiger partial charge in [0.15, 0.2) is 0 Å². The quantitative estimate of drug-likeness (QED) is 0.760. The molecule has 0 unspecified atom stereocenters. The molecule has 0 amide bonds. The smallest absolute Gasteiger partial charge is 0.310 e. The molecule has 2 rings (SSSR count). The SMILES string of the molecule is COCc1nn(OC)c(=O)c2ccccc12. The summed E-state index contributed by atoms with van der Waals surface area (Å²) in [5.41, 5.74) is 0.414. The van der Waals surface area contributed by atoms with E-state index in [0.717, 1.165) is 10.2 Å². The Morgan fingerprint density at radius 1 is 1.25 bits per heavy atom. The number of rotatable bonds is 3. The molecule has 1 heterocycles. The Kier molecular flexibility index (Phi) is 2.87. The lowest BCUT2D eigenvalue weighted by atomic mass is 10.1. The lowest BCUT2D eigenvalue weighted by Gasteiger charge is -2.08. The minimum atomic E-state index is -0.266. The molecule has 0 spiro atoms. The number of ether oxygens (including phenoxy) is 1. The van der Waals surface area contributed by atoms with Gasteiger partial charge in [-0.2, -0.15) is 0 Å². The molecule has 0 aliphatic carbocycles. The molecule has 0 fully saturated rings. The van der Waals surface area contributed by atoms with Crippen LogP contribution in [0.3, 0.4) is 0 Å². The molecule has 16 heavy (non-hydrogen) atoms. The average Bonchev–Trinajstić information content (AvgIpc) is 2.33. The highest BCUT2D eigenvalue weighted by Gasteiger charge is 2.09. The maximum atomic E-state index is 11.9. The van der Waals surface area contributed by atoms with E-state index < -0.39 is 0 Å². The Morgan fingerprint density at radius 3 is 2.56 bits per heavy atom. The molecular formula is C11H12N2O3. The van der Waals surface area contributed by atoms with E-state index in [4.69, 9.17) is 9.57 Å². The van der Waals surface area contributed by atoms with Crippen molar-refractivity contribution in [2.75, 3.05) is 14.2 Å². The highest BCUT2D eigenvalue weighted by atomic mass is 16.7. The fourth-order valence-corrected chi connectivity index (χ4v) is 1.60. The van der Waals surface area contributed by atoms with E-state index in [1.54, 1.807) is 19.2 Å². The highest BCUT2D eigenvalue weighted by Crippen LogP contribution is 2.13. The Hall–Kier alpha value is -1.88. The predicted octanol–water partition coefficient (Wildman–Crippen LogP) is 0.601. The van der Waals surface area contributed by atoms with Gasteiger partial charge in [0, 0.05) is 12.5 Å². The molecular weight excluding hydrogens is 208 g/mol.